The largest absolute Gasteiger partial charge is 0.507 e. The predicted molar refractivity (Wildman–Crippen MR) is 81.4 cm³/mol. The number of phenols is 1. The molecule has 0 aliphatic heterocycles. The van der Waals surface area contributed by atoms with E-state index in [-0.39, 0.29) is 17.7 Å². The van der Waals surface area contributed by atoms with Gasteiger partial charge in [-0.05, 0) is 37.3 Å². The highest BCUT2D eigenvalue weighted by Crippen LogP contribution is 2.37. The van der Waals surface area contributed by atoms with Gasteiger partial charge in [-0.1, -0.05) is 17.9 Å². The van der Waals surface area contributed by atoms with Crippen molar-refractivity contribution in [2.45, 2.75) is 13.1 Å². The summed E-state index contributed by atoms with van der Waals surface area (Å²) in [6, 6.07) is 6.50. The molecule has 0 aliphatic carbocycles. The maximum atomic E-state index is 14.0. The van der Waals surface area contributed by atoms with Crippen LogP contribution in [-0.2, 0) is 10.9 Å². The fourth-order valence-electron chi connectivity index (χ4n) is 2.03. The molecule has 1 N–H and O–H groups in total. The molecule has 0 aliphatic rings. The Kier molecular flexibility index (Phi) is 5.32. The van der Waals surface area contributed by atoms with Crippen LogP contribution in [0.4, 0.5) is 17.6 Å². The van der Waals surface area contributed by atoms with Gasteiger partial charge in [0.1, 0.15) is 17.1 Å². The predicted octanol–water partition coefficient (Wildman–Crippen LogP) is 4.13. The molecule has 2 aromatic carbocycles. The lowest BCUT2D eigenvalue weighted by atomic mass is 10.1. The monoisotopic (exact) mass is 352 g/mol. The van der Waals surface area contributed by atoms with Crippen molar-refractivity contribution in [3.05, 3.63) is 64.5 Å². The number of phenolic OH excluding ortho intramolecular Hbond substituents is 1. The summed E-state index contributed by atoms with van der Waals surface area (Å²) in [6.07, 6.45) is -4.80. The van der Waals surface area contributed by atoms with Gasteiger partial charge in [0, 0.05) is 5.56 Å². The van der Waals surface area contributed by atoms with Crippen LogP contribution in [0.1, 0.15) is 34.0 Å². The number of benzene rings is 2. The Morgan fingerprint density at radius 2 is 1.84 bits per heavy atom. The average molecular weight is 352 g/mol. The molecule has 0 heterocycles. The van der Waals surface area contributed by atoms with Crippen molar-refractivity contribution < 1.29 is 32.2 Å². The second kappa shape index (κ2) is 7.26. The van der Waals surface area contributed by atoms with Gasteiger partial charge in [0.2, 0.25) is 0 Å². The van der Waals surface area contributed by atoms with Crippen LogP contribution in [0.2, 0.25) is 0 Å². The Bertz CT molecular complexity index is 861. The Balaban J connectivity index is 2.40. The third kappa shape index (κ3) is 4.29. The number of carbonyl (C=O) groups is 1. The first-order valence-corrected chi connectivity index (χ1v) is 7.12. The van der Waals surface area contributed by atoms with Crippen molar-refractivity contribution in [3.8, 4) is 17.6 Å². The Morgan fingerprint density at radius 1 is 1.16 bits per heavy atom. The summed E-state index contributed by atoms with van der Waals surface area (Å²) in [5.74, 6) is 1.94. The van der Waals surface area contributed by atoms with E-state index in [9.17, 15) is 27.5 Å². The molecule has 2 aromatic rings. The second-order valence-electron chi connectivity index (χ2n) is 4.86. The lowest BCUT2D eigenvalue weighted by molar-refractivity contribution is -0.138. The third-order valence-electron chi connectivity index (χ3n) is 3.14. The number of hydrogen-bond donors (Lipinski definition) is 1. The molecule has 0 saturated heterocycles. The van der Waals surface area contributed by atoms with Crippen LogP contribution in [0.15, 0.2) is 36.4 Å². The first kappa shape index (κ1) is 18.3. The Labute approximate surface area is 140 Å². The summed E-state index contributed by atoms with van der Waals surface area (Å²) in [5, 5.41) is 9.41. The van der Waals surface area contributed by atoms with Gasteiger partial charge < -0.3 is 9.84 Å². The molecule has 130 valence electrons. The summed E-state index contributed by atoms with van der Waals surface area (Å²) in [7, 11) is 0. The summed E-state index contributed by atoms with van der Waals surface area (Å²) in [6.45, 7) is 1.72. The number of esters is 1. The van der Waals surface area contributed by atoms with Crippen molar-refractivity contribution in [1.82, 2.24) is 0 Å². The topological polar surface area (TPSA) is 46.5 Å². The number of aromatic hydroxyl groups is 1. The fourth-order valence-corrected chi connectivity index (χ4v) is 2.03. The summed E-state index contributed by atoms with van der Waals surface area (Å²) < 4.78 is 57.6. The summed E-state index contributed by atoms with van der Waals surface area (Å²) >= 11 is 0. The minimum Gasteiger partial charge on any atom is -0.507 e. The molecule has 0 aromatic heterocycles. The van der Waals surface area contributed by atoms with Crippen LogP contribution in [0.25, 0.3) is 0 Å². The maximum absolute atomic E-state index is 14.0. The molecule has 7 heteroatoms. The quantitative estimate of drug-likeness (QED) is 0.502. The Hall–Kier alpha value is -3.01. The van der Waals surface area contributed by atoms with E-state index < -0.39 is 34.8 Å². The molecular formula is C18H12F4O3. The van der Waals surface area contributed by atoms with Crippen molar-refractivity contribution in [2.75, 3.05) is 6.61 Å². The average Bonchev–Trinajstić information content (AvgIpc) is 2.52. The van der Waals surface area contributed by atoms with Crippen molar-refractivity contribution in [3.63, 3.8) is 0 Å². The van der Waals surface area contributed by atoms with E-state index >= 15 is 0 Å². The number of halogens is 4. The highest BCUT2D eigenvalue weighted by atomic mass is 19.4. The standard InChI is InChI=1S/C18H12F4O3/c1-2-25-17(24)13-9-7-11(14(19)10-13)6-8-12-4-3-5-15(23)16(12)18(20,21)22/h3-5,7,9-10,23H,2H2,1H3. The molecule has 0 fully saturated rings. The second-order valence-corrected chi connectivity index (χ2v) is 4.86. The minimum atomic E-state index is -4.80. The van der Waals surface area contributed by atoms with Crippen molar-refractivity contribution >= 4 is 5.97 Å². The van der Waals surface area contributed by atoms with E-state index in [2.05, 4.69) is 11.8 Å². The summed E-state index contributed by atoms with van der Waals surface area (Å²) in [4.78, 5) is 11.5. The summed E-state index contributed by atoms with van der Waals surface area (Å²) in [5.41, 5.74) is -1.99. The number of hydrogen-bond acceptors (Lipinski definition) is 3. The highest BCUT2D eigenvalue weighted by molar-refractivity contribution is 5.89. The SMILES string of the molecule is CCOC(=O)c1ccc(C#Cc2cccc(O)c2C(F)(F)F)c(F)c1. The van der Waals surface area contributed by atoms with Gasteiger partial charge in [-0.2, -0.15) is 13.2 Å². The van der Waals surface area contributed by atoms with Gasteiger partial charge >= 0.3 is 12.1 Å². The molecule has 0 radical (unpaired) electrons. The zero-order valence-electron chi connectivity index (χ0n) is 12.9. The zero-order chi connectivity index (χ0) is 18.6. The molecule has 0 spiro atoms. The minimum absolute atomic E-state index is 0.0294. The molecule has 0 unspecified atom stereocenters. The molecular weight excluding hydrogens is 340 g/mol. The van der Waals surface area contributed by atoms with Gasteiger partial charge in [-0.15, -0.1) is 0 Å². The van der Waals surface area contributed by atoms with Gasteiger partial charge in [-0.3, -0.25) is 0 Å². The maximum Gasteiger partial charge on any atom is 0.421 e. The first-order valence-electron chi connectivity index (χ1n) is 7.12. The number of rotatable bonds is 2. The van der Waals surface area contributed by atoms with Crippen LogP contribution in [0, 0.1) is 17.7 Å². The Morgan fingerprint density at radius 3 is 2.44 bits per heavy atom. The highest BCUT2D eigenvalue weighted by Gasteiger charge is 2.36. The lowest BCUT2D eigenvalue weighted by Gasteiger charge is -2.10. The molecule has 25 heavy (non-hydrogen) atoms. The third-order valence-corrected chi connectivity index (χ3v) is 3.14. The van der Waals surface area contributed by atoms with Crippen molar-refractivity contribution in [1.29, 1.82) is 0 Å². The van der Waals surface area contributed by atoms with E-state index in [1.165, 1.54) is 18.2 Å². The van der Waals surface area contributed by atoms with Crippen LogP contribution in [0.3, 0.4) is 0 Å². The van der Waals surface area contributed by atoms with Gasteiger partial charge in [0.05, 0.1) is 17.7 Å². The molecule has 0 saturated carbocycles. The van der Waals surface area contributed by atoms with Crippen LogP contribution < -0.4 is 0 Å². The number of ether oxygens (including phenoxy) is 1. The van der Waals surface area contributed by atoms with Crippen LogP contribution >= 0.6 is 0 Å². The normalized spacial score (nSPS) is 10.8. The molecule has 2 rings (SSSR count). The molecule has 0 bridgehead atoms. The smallest absolute Gasteiger partial charge is 0.421 e. The van der Waals surface area contributed by atoms with Crippen molar-refractivity contribution in [2.24, 2.45) is 0 Å². The molecule has 3 nitrogen and oxygen atoms in total. The molecule has 0 amide bonds. The van der Waals surface area contributed by atoms with E-state index in [1.54, 1.807) is 6.92 Å². The lowest BCUT2D eigenvalue weighted by Crippen LogP contribution is -2.08. The van der Waals surface area contributed by atoms with Gasteiger partial charge in [-0.25, -0.2) is 9.18 Å². The fraction of sp³-hybridized carbons (Fsp3) is 0.167. The van der Waals surface area contributed by atoms with Crippen LogP contribution in [0.5, 0.6) is 5.75 Å². The van der Waals surface area contributed by atoms with Gasteiger partial charge in [0.25, 0.3) is 0 Å². The number of carbonyl (C=O) groups excluding carboxylic acids is 1. The van der Waals surface area contributed by atoms with E-state index in [4.69, 9.17) is 4.74 Å². The first-order chi connectivity index (χ1) is 11.7. The van der Waals surface area contributed by atoms with Crippen LogP contribution in [-0.4, -0.2) is 17.7 Å². The number of alkyl halides is 3. The molecule has 0 atom stereocenters. The van der Waals surface area contributed by atoms with E-state index in [1.807, 2.05) is 0 Å². The van der Waals surface area contributed by atoms with E-state index in [0.717, 1.165) is 18.2 Å². The zero-order valence-corrected chi connectivity index (χ0v) is 12.9. The van der Waals surface area contributed by atoms with Gasteiger partial charge in [0.15, 0.2) is 0 Å². The van der Waals surface area contributed by atoms with E-state index in [0.29, 0.717) is 0 Å².